The van der Waals surface area contributed by atoms with Crippen LogP contribution in [0.3, 0.4) is 0 Å². The summed E-state index contributed by atoms with van der Waals surface area (Å²) >= 11 is 0. The molecule has 0 aliphatic carbocycles. The van der Waals surface area contributed by atoms with Gasteiger partial charge in [0.1, 0.15) is 24.6 Å². The Bertz CT molecular complexity index is 2150. The Hall–Kier alpha value is -4.40. The Kier molecular flexibility index (Phi) is 12.1. The van der Waals surface area contributed by atoms with Gasteiger partial charge in [-0.15, -0.1) is 0 Å². The van der Waals surface area contributed by atoms with Gasteiger partial charge in [-0.1, -0.05) is 62.3 Å². The zero-order chi connectivity index (χ0) is 47.3. The van der Waals surface area contributed by atoms with Gasteiger partial charge in [-0.3, -0.25) is 0 Å². The Morgan fingerprint density at radius 1 is 0.468 bits per heavy atom. The van der Waals surface area contributed by atoms with Gasteiger partial charge in [0.2, 0.25) is 0 Å². The summed E-state index contributed by atoms with van der Waals surface area (Å²) in [5, 5.41) is 0. The molecule has 4 aromatic carbocycles. The number of halogens is 12. The van der Waals surface area contributed by atoms with Crippen molar-refractivity contribution in [3.63, 3.8) is 0 Å². The first kappa shape index (κ1) is 48.6. The van der Waals surface area contributed by atoms with Crippen LogP contribution in [0.1, 0.15) is 114 Å². The van der Waals surface area contributed by atoms with E-state index in [0.717, 1.165) is 0 Å². The van der Waals surface area contributed by atoms with Crippen molar-refractivity contribution < 1.29 is 66.6 Å². The number of methoxy groups -OCH3 is 2. The summed E-state index contributed by atoms with van der Waals surface area (Å²) in [7, 11) is 4.33. The summed E-state index contributed by atoms with van der Waals surface area (Å²) in [6.07, 6.45) is -20.8. The van der Waals surface area contributed by atoms with Gasteiger partial charge >= 0.3 is 24.7 Å². The highest BCUT2D eigenvalue weighted by Gasteiger charge is 2.46. The van der Waals surface area contributed by atoms with Crippen molar-refractivity contribution in [2.24, 2.45) is 5.41 Å². The second-order valence-electron chi connectivity index (χ2n) is 19.6. The quantitative estimate of drug-likeness (QED) is 0.147. The van der Waals surface area contributed by atoms with Gasteiger partial charge in [0, 0.05) is 38.8 Å². The third-order valence-corrected chi connectivity index (χ3v) is 12.1. The van der Waals surface area contributed by atoms with Crippen molar-refractivity contribution in [1.29, 1.82) is 0 Å². The highest BCUT2D eigenvalue weighted by atomic mass is 19.4. The SMILES string of the molecule is COc1c(C(C)(C)C)cc2c(c1-c1cc(C(F)(F)F)cc(C(F)(F)F)c1)C[N+](C)([C@H](C)C(C)(C)C)Cc1c-2cc(C(C)(C)C)c(OC)c1-c1cc(C(F)(F)F)cc(C(F)(F)F)c1. The highest BCUT2D eigenvalue weighted by molar-refractivity contribution is 5.91. The molecule has 1 aliphatic heterocycles. The molecule has 0 spiro atoms. The average molecular weight is 891 g/mol. The van der Waals surface area contributed by atoms with E-state index in [4.69, 9.17) is 9.47 Å². The van der Waals surface area contributed by atoms with Crippen molar-refractivity contribution in [3.05, 3.63) is 93.0 Å². The first-order valence-electron chi connectivity index (χ1n) is 19.8. The molecule has 0 fully saturated rings. The molecule has 4 aromatic rings. The third kappa shape index (κ3) is 9.29. The fourth-order valence-electron chi connectivity index (χ4n) is 8.55. The lowest BCUT2D eigenvalue weighted by molar-refractivity contribution is -0.962. The molecule has 5 rings (SSSR count). The molecule has 0 aromatic heterocycles. The minimum atomic E-state index is -5.20. The maximum absolute atomic E-state index is 14.5. The summed E-state index contributed by atoms with van der Waals surface area (Å²) in [6.45, 7) is 18.2. The molecule has 1 aliphatic rings. The smallest absolute Gasteiger partial charge is 0.416 e. The number of benzene rings is 4. The van der Waals surface area contributed by atoms with Crippen LogP contribution in [-0.2, 0) is 48.6 Å². The molecule has 0 bridgehead atoms. The van der Waals surface area contributed by atoms with E-state index in [1.807, 2.05) is 27.7 Å². The van der Waals surface area contributed by atoms with Gasteiger partial charge < -0.3 is 14.0 Å². The van der Waals surface area contributed by atoms with E-state index in [1.54, 1.807) is 60.7 Å². The number of alkyl halides is 12. The van der Waals surface area contributed by atoms with Gasteiger partial charge in [-0.25, -0.2) is 0 Å². The van der Waals surface area contributed by atoms with Crippen LogP contribution >= 0.6 is 0 Å². The fourth-order valence-corrected chi connectivity index (χ4v) is 8.55. The van der Waals surface area contributed by atoms with E-state index in [9.17, 15) is 52.7 Å². The molecule has 0 unspecified atom stereocenters. The number of hydrogen-bond donors (Lipinski definition) is 0. The molecule has 0 saturated heterocycles. The second-order valence-corrected chi connectivity index (χ2v) is 19.6. The van der Waals surface area contributed by atoms with Crippen LogP contribution in [0.25, 0.3) is 33.4 Å². The molecule has 15 heteroatoms. The molecular formula is C47H52F12NO2+. The summed E-state index contributed by atoms with van der Waals surface area (Å²) in [5.74, 6) is 0.0270. The molecule has 0 saturated carbocycles. The molecular weight excluding hydrogens is 838 g/mol. The number of nitrogens with zero attached hydrogens (tertiary/aromatic N) is 1. The van der Waals surface area contributed by atoms with Crippen LogP contribution in [0.2, 0.25) is 0 Å². The monoisotopic (exact) mass is 890 g/mol. The van der Waals surface area contributed by atoms with Crippen molar-refractivity contribution in [1.82, 2.24) is 0 Å². The highest BCUT2D eigenvalue weighted by Crippen LogP contribution is 2.56. The van der Waals surface area contributed by atoms with Gasteiger partial charge in [-0.2, -0.15) is 52.7 Å². The lowest BCUT2D eigenvalue weighted by Gasteiger charge is -2.46. The van der Waals surface area contributed by atoms with Crippen LogP contribution < -0.4 is 9.47 Å². The van der Waals surface area contributed by atoms with E-state index in [2.05, 4.69) is 0 Å². The predicted octanol–water partition coefficient (Wildman–Crippen LogP) is 15.3. The summed E-state index contributed by atoms with van der Waals surface area (Å²) in [6, 6.07) is 5.69. The molecule has 0 N–H and O–H groups in total. The fraction of sp³-hybridized carbons (Fsp3) is 0.489. The van der Waals surface area contributed by atoms with Crippen LogP contribution in [-0.4, -0.2) is 31.8 Å². The zero-order valence-corrected chi connectivity index (χ0v) is 36.9. The molecule has 1 heterocycles. The average Bonchev–Trinajstić information content (AvgIpc) is 3.23. The third-order valence-electron chi connectivity index (χ3n) is 12.1. The summed E-state index contributed by atoms with van der Waals surface area (Å²) in [5.41, 5.74) is -7.65. The summed E-state index contributed by atoms with van der Waals surface area (Å²) in [4.78, 5) is 0. The van der Waals surface area contributed by atoms with Gasteiger partial charge in [0.05, 0.1) is 49.6 Å². The van der Waals surface area contributed by atoms with Gasteiger partial charge in [-0.05, 0) is 88.5 Å². The van der Waals surface area contributed by atoms with Crippen LogP contribution in [0.15, 0.2) is 48.5 Å². The molecule has 62 heavy (non-hydrogen) atoms. The standard InChI is InChI=1S/C47H52F12NO2/c1-24(41(2,3)4)60(11)22-33-31(20-35(42(5,6)7)39(61-12)37(33)25-14-27(44(48,49)50)18-28(15-25)45(51,52)53)32-21-36(43(8,9)10)40(62-13)38(34(32)23-60)26-16-29(46(54,55)56)19-30(17-26)47(57,58)59/h14-21,24H,22-23H2,1-13H3/q+1/t24-/m1/s1. The van der Waals surface area contributed by atoms with E-state index in [1.165, 1.54) is 14.2 Å². The van der Waals surface area contributed by atoms with Crippen molar-refractivity contribution in [2.75, 3.05) is 21.3 Å². The first-order chi connectivity index (χ1) is 27.8. The second kappa shape index (κ2) is 15.4. The Labute approximate surface area is 354 Å². The molecule has 340 valence electrons. The normalized spacial score (nSPS) is 15.8. The molecule has 0 radical (unpaired) electrons. The zero-order valence-electron chi connectivity index (χ0n) is 36.9. The van der Waals surface area contributed by atoms with E-state index in [0.29, 0.717) is 46.5 Å². The maximum Gasteiger partial charge on any atom is 0.416 e. The number of ether oxygens (including phenoxy) is 2. The molecule has 3 nitrogen and oxygen atoms in total. The van der Waals surface area contributed by atoms with E-state index in [-0.39, 0.29) is 63.5 Å². The number of hydrogen-bond acceptors (Lipinski definition) is 2. The number of rotatable bonds is 5. The van der Waals surface area contributed by atoms with E-state index < -0.39 is 80.4 Å². The first-order valence-corrected chi connectivity index (χ1v) is 19.8. The summed E-state index contributed by atoms with van der Waals surface area (Å²) < 4.78 is 186. The predicted molar refractivity (Wildman–Crippen MR) is 216 cm³/mol. The number of fused-ring (bicyclic) bond motifs is 3. The maximum atomic E-state index is 14.5. The molecule has 0 amide bonds. The van der Waals surface area contributed by atoms with Crippen LogP contribution in [0, 0.1) is 5.41 Å². The Morgan fingerprint density at radius 3 is 0.952 bits per heavy atom. The Morgan fingerprint density at radius 2 is 0.742 bits per heavy atom. The minimum absolute atomic E-state index is 0.0135. The lowest BCUT2D eigenvalue weighted by atomic mass is 9.76. The van der Waals surface area contributed by atoms with E-state index >= 15 is 0 Å². The van der Waals surface area contributed by atoms with Crippen molar-refractivity contribution in [3.8, 4) is 44.9 Å². The van der Waals surface area contributed by atoms with Gasteiger partial charge in [0.15, 0.2) is 0 Å². The van der Waals surface area contributed by atoms with Crippen LogP contribution in [0.4, 0.5) is 52.7 Å². The largest absolute Gasteiger partial charge is 0.496 e. The van der Waals surface area contributed by atoms with Crippen molar-refractivity contribution in [2.45, 2.75) is 124 Å². The minimum Gasteiger partial charge on any atom is -0.496 e. The topological polar surface area (TPSA) is 18.5 Å². The van der Waals surface area contributed by atoms with Crippen LogP contribution in [0.5, 0.6) is 11.5 Å². The Balaban J connectivity index is 2.19. The van der Waals surface area contributed by atoms with Crippen molar-refractivity contribution >= 4 is 0 Å². The molecule has 1 atom stereocenters. The van der Waals surface area contributed by atoms with Gasteiger partial charge in [0.25, 0.3) is 0 Å². The number of quaternary nitrogens is 1. The lowest BCUT2D eigenvalue weighted by Crippen LogP contribution is -2.54.